The van der Waals surface area contributed by atoms with Crippen LogP contribution in [0, 0.1) is 16.0 Å². The molecular formula is C18H25N3O5. The number of carbonyl (C=O) groups is 2. The van der Waals surface area contributed by atoms with Crippen LogP contribution < -0.4 is 10.6 Å². The highest BCUT2D eigenvalue weighted by molar-refractivity contribution is 5.88. The molecule has 1 aliphatic rings. The smallest absolute Gasteiger partial charge is 0.331 e. The van der Waals surface area contributed by atoms with Gasteiger partial charge in [-0.15, -0.1) is 0 Å². The maximum atomic E-state index is 12.3. The van der Waals surface area contributed by atoms with Crippen LogP contribution in [0.25, 0.3) is 0 Å². The van der Waals surface area contributed by atoms with Gasteiger partial charge in [-0.05, 0) is 37.7 Å². The van der Waals surface area contributed by atoms with E-state index in [9.17, 15) is 19.7 Å². The zero-order valence-corrected chi connectivity index (χ0v) is 15.1. The van der Waals surface area contributed by atoms with Crippen LogP contribution in [0.15, 0.2) is 24.3 Å². The summed E-state index contributed by atoms with van der Waals surface area (Å²) in [6, 6.07) is 6.26. The normalized spacial score (nSPS) is 22.3. The van der Waals surface area contributed by atoms with Gasteiger partial charge in [-0.3, -0.25) is 14.9 Å². The third kappa shape index (κ3) is 4.71. The number of nitrogens with zero attached hydrogens (tertiary/aromatic N) is 1. The second-order valence-electron chi connectivity index (χ2n) is 6.76. The molecule has 0 aliphatic heterocycles. The summed E-state index contributed by atoms with van der Waals surface area (Å²) in [6.07, 6.45) is 2.92. The lowest BCUT2D eigenvalue weighted by Gasteiger charge is -2.37. The minimum atomic E-state index is -0.961. The minimum Gasteiger partial charge on any atom is -0.467 e. The summed E-state index contributed by atoms with van der Waals surface area (Å²) in [5.74, 6) is -0.176. The van der Waals surface area contributed by atoms with Crippen molar-refractivity contribution >= 4 is 23.3 Å². The second kappa shape index (κ2) is 8.64. The van der Waals surface area contributed by atoms with Gasteiger partial charge in [-0.25, -0.2) is 4.79 Å². The number of nitro groups is 1. The van der Waals surface area contributed by atoms with E-state index in [2.05, 4.69) is 17.6 Å². The number of methoxy groups -OCH3 is 1. The minimum absolute atomic E-state index is 0.0415. The van der Waals surface area contributed by atoms with Crippen LogP contribution in [-0.4, -0.2) is 36.0 Å². The maximum absolute atomic E-state index is 12.3. The highest BCUT2D eigenvalue weighted by Crippen LogP contribution is 2.33. The molecule has 1 saturated carbocycles. The van der Waals surface area contributed by atoms with Crippen LogP contribution in [0.1, 0.15) is 39.0 Å². The number of carbonyl (C=O) groups excluding carboxylic acids is 2. The van der Waals surface area contributed by atoms with Crippen molar-refractivity contribution in [3.05, 3.63) is 34.4 Å². The van der Waals surface area contributed by atoms with Crippen molar-refractivity contribution in [1.82, 2.24) is 5.32 Å². The Balaban J connectivity index is 1.93. The number of ether oxygens (including phenoxy) is 1. The molecule has 8 nitrogen and oxygen atoms in total. The number of benzene rings is 1. The van der Waals surface area contributed by atoms with E-state index in [1.165, 1.54) is 13.2 Å². The molecule has 1 aromatic rings. The Morgan fingerprint density at radius 3 is 2.58 bits per heavy atom. The molecule has 0 radical (unpaired) electrons. The SMILES string of the molecule is COC(=O)C1(NC(=O)CCNc2ccccc2[N+](=O)[O-])CCC(C)CC1. The van der Waals surface area contributed by atoms with Crippen LogP contribution in [0.2, 0.25) is 0 Å². The van der Waals surface area contributed by atoms with Crippen molar-refractivity contribution < 1.29 is 19.2 Å². The molecule has 142 valence electrons. The van der Waals surface area contributed by atoms with Crippen LogP contribution in [-0.2, 0) is 14.3 Å². The van der Waals surface area contributed by atoms with Gasteiger partial charge in [0.25, 0.3) is 5.69 Å². The molecule has 2 N–H and O–H groups in total. The topological polar surface area (TPSA) is 111 Å². The zero-order valence-electron chi connectivity index (χ0n) is 15.1. The first kappa shape index (κ1) is 19.7. The number of anilines is 1. The van der Waals surface area contributed by atoms with Crippen molar-refractivity contribution in [3.8, 4) is 0 Å². The molecule has 0 bridgehead atoms. The third-order valence-corrected chi connectivity index (χ3v) is 4.85. The summed E-state index contributed by atoms with van der Waals surface area (Å²) in [5.41, 5.74) is -0.642. The highest BCUT2D eigenvalue weighted by atomic mass is 16.6. The molecule has 0 unspecified atom stereocenters. The monoisotopic (exact) mass is 363 g/mol. The predicted molar refractivity (Wildman–Crippen MR) is 96.7 cm³/mol. The molecule has 2 rings (SSSR count). The lowest BCUT2D eigenvalue weighted by Crippen LogP contribution is -2.57. The molecule has 0 spiro atoms. The van der Waals surface area contributed by atoms with E-state index in [1.807, 2.05) is 0 Å². The number of hydrogen-bond acceptors (Lipinski definition) is 6. The quantitative estimate of drug-likeness (QED) is 0.438. The van der Waals surface area contributed by atoms with Crippen molar-refractivity contribution in [2.45, 2.75) is 44.6 Å². The Kier molecular flexibility index (Phi) is 6.54. The van der Waals surface area contributed by atoms with Crippen molar-refractivity contribution in [3.63, 3.8) is 0 Å². The molecule has 1 fully saturated rings. The average Bonchev–Trinajstić information content (AvgIpc) is 2.63. The van der Waals surface area contributed by atoms with E-state index in [0.717, 1.165) is 12.8 Å². The largest absolute Gasteiger partial charge is 0.467 e. The first-order valence-electron chi connectivity index (χ1n) is 8.74. The summed E-state index contributed by atoms with van der Waals surface area (Å²) in [6.45, 7) is 2.35. The average molecular weight is 363 g/mol. The molecular weight excluding hydrogens is 338 g/mol. The van der Waals surface area contributed by atoms with Crippen LogP contribution in [0.3, 0.4) is 0 Å². The number of amides is 1. The second-order valence-corrected chi connectivity index (χ2v) is 6.76. The Bertz CT molecular complexity index is 669. The van der Waals surface area contributed by atoms with Gasteiger partial charge < -0.3 is 15.4 Å². The number of esters is 1. The van der Waals surface area contributed by atoms with Crippen LogP contribution in [0.5, 0.6) is 0 Å². The first-order chi connectivity index (χ1) is 12.4. The van der Waals surface area contributed by atoms with Gasteiger partial charge >= 0.3 is 5.97 Å². The maximum Gasteiger partial charge on any atom is 0.331 e. The van der Waals surface area contributed by atoms with Gasteiger partial charge in [-0.1, -0.05) is 19.1 Å². The zero-order chi connectivity index (χ0) is 19.2. The molecule has 1 aliphatic carbocycles. The van der Waals surface area contributed by atoms with Crippen LogP contribution >= 0.6 is 0 Å². The number of nitrogens with one attached hydrogen (secondary N) is 2. The Hall–Kier alpha value is -2.64. The molecule has 0 saturated heterocycles. The lowest BCUT2D eigenvalue weighted by molar-refractivity contribution is -0.384. The van der Waals surface area contributed by atoms with E-state index in [0.29, 0.717) is 24.4 Å². The first-order valence-corrected chi connectivity index (χ1v) is 8.74. The highest BCUT2D eigenvalue weighted by Gasteiger charge is 2.43. The molecule has 0 heterocycles. The number of para-hydroxylation sites is 2. The van der Waals surface area contributed by atoms with Crippen LogP contribution in [0.4, 0.5) is 11.4 Å². The third-order valence-electron chi connectivity index (χ3n) is 4.85. The fourth-order valence-electron chi connectivity index (χ4n) is 3.25. The summed E-state index contributed by atoms with van der Waals surface area (Å²) in [7, 11) is 1.32. The van der Waals surface area contributed by atoms with E-state index < -0.39 is 16.4 Å². The molecule has 1 amide bonds. The fraction of sp³-hybridized carbons (Fsp3) is 0.556. The lowest BCUT2D eigenvalue weighted by atomic mass is 9.77. The fourth-order valence-corrected chi connectivity index (χ4v) is 3.25. The van der Waals surface area contributed by atoms with E-state index in [-0.39, 0.29) is 24.6 Å². The summed E-state index contributed by atoms with van der Waals surface area (Å²) < 4.78 is 4.90. The number of rotatable bonds is 7. The molecule has 0 atom stereocenters. The summed E-state index contributed by atoms with van der Waals surface area (Å²) in [4.78, 5) is 35.1. The Morgan fingerprint density at radius 1 is 1.31 bits per heavy atom. The van der Waals surface area contributed by atoms with Crippen molar-refractivity contribution in [2.24, 2.45) is 5.92 Å². The van der Waals surface area contributed by atoms with Gasteiger partial charge in [0.05, 0.1) is 12.0 Å². The summed E-state index contributed by atoms with van der Waals surface area (Å²) >= 11 is 0. The van der Waals surface area contributed by atoms with Crippen molar-refractivity contribution in [1.29, 1.82) is 0 Å². The Labute approximate surface area is 152 Å². The van der Waals surface area contributed by atoms with E-state index in [1.54, 1.807) is 18.2 Å². The molecule has 1 aromatic carbocycles. The Morgan fingerprint density at radius 2 is 1.96 bits per heavy atom. The molecule has 26 heavy (non-hydrogen) atoms. The van der Waals surface area contributed by atoms with Gasteiger partial charge in [-0.2, -0.15) is 0 Å². The molecule has 0 aromatic heterocycles. The van der Waals surface area contributed by atoms with Gasteiger partial charge in [0.1, 0.15) is 11.2 Å². The predicted octanol–water partition coefficient (Wildman–Crippen LogP) is 2.63. The number of nitro benzene ring substituents is 1. The van der Waals surface area contributed by atoms with Gasteiger partial charge in [0.2, 0.25) is 5.91 Å². The van der Waals surface area contributed by atoms with Gasteiger partial charge in [0.15, 0.2) is 0 Å². The molecule has 8 heteroatoms. The number of hydrogen-bond donors (Lipinski definition) is 2. The van der Waals surface area contributed by atoms with Gasteiger partial charge in [0, 0.05) is 19.0 Å². The van der Waals surface area contributed by atoms with E-state index in [4.69, 9.17) is 4.74 Å². The standard InChI is InChI=1S/C18H25N3O5/c1-13-7-10-18(11-8-13,17(23)26-2)20-16(22)9-12-19-14-5-3-4-6-15(14)21(24)25/h3-6,13,19H,7-12H2,1-2H3,(H,20,22). The van der Waals surface area contributed by atoms with Crippen molar-refractivity contribution in [2.75, 3.05) is 19.0 Å². The van der Waals surface area contributed by atoms with E-state index >= 15 is 0 Å². The summed E-state index contributed by atoms with van der Waals surface area (Å²) in [5, 5.41) is 16.7.